The minimum atomic E-state index is -0.168. The van der Waals surface area contributed by atoms with Crippen LogP contribution >= 0.6 is 0 Å². The molecule has 1 aromatic rings. The van der Waals surface area contributed by atoms with Crippen LogP contribution in [0.25, 0.3) is 0 Å². The van der Waals surface area contributed by atoms with E-state index in [0.717, 1.165) is 37.3 Å². The summed E-state index contributed by atoms with van der Waals surface area (Å²) in [4.78, 5) is 12.0. The van der Waals surface area contributed by atoms with E-state index in [0.29, 0.717) is 12.5 Å². The maximum atomic E-state index is 12.0. The molecule has 0 aliphatic carbocycles. The highest BCUT2D eigenvalue weighted by Gasteiger charge is 2.21. The van der Waals surface area contributed by atoms with Crippen molar-refractivity contribution >= 4 is 11.7 Å². The van der Waals surface area contributed by atoms with Crippen LogP contribution in [-0.2, 0) is 11.3 Å². The second-order valence-electron chi connectivity index (χ2n) is 5.24. The zero-order valence-electron chi connectivity index (χ0n) is 11.9. The van der Waals surface area contributed by atoms with Crippen LogP contribution in [0.2, 0.25) is 0 Å². The lowest BCUT2D eigenvalue weighted by molar-refractivity contribution is 0.0573. The van der Waals surface area contributed by atoms with E-state index in [1.54, 1.807) is 0 Å². The van der Waals surface area contributed by atoms with Crippen LogP contribution in [0.3, 0.4) is 0 Å². The fourth-order valence-electron chi connectivity index (χ4n) is 2.48. The highest BCUT2D eigenvalue weighted by Crippen LogP contribution is 2.18. The van der Waals surface area contributed by atoms with Crippen molar-refractivity contribution in [3.8, 4) is 0 Å². The van der Waals surface area contributed by atoms with Gasteiger partial charge in [0, 0.05) is 31.5 Å². The number of nitrogens with one attached hydrogen (secondary N) is 2. The third kappa shape index (κ3) is 4.21. The van der Waals surface area contributed by atoms with E-state index < -0.39 is 0 Å². The van der Waals surface area contributed by atoms with Gasteiger partial charge in [0.25, 0.3) is 0 Å². The minimum absolute atomic E-state index is 0.150. The summed E-state index contributed by atoms with van der Waals surface area (Å²) >= 11 is 0. The fraction of sp³-hybridized carbons (Fsp3) is 0.533. The summed E-state index contributed by atoms with van der Waals surface area (Å²) in [6, 6.07) is 7.55. The molecule has 0 radical (unpaired) electrons. The van der Waals surface area contributed by atoms with Gasteiger partial charge in [-0.3, -0.25) is 0 Å². The van der Waals surface area contributed by atoms with Crippen molar-refractivity contribution in [2.75, 3.05) is 18.5 Å². The maximum absolute atomic E-state index is 12.0. The number of carbonyl (C=O) groups is 1. The molecule has 20 heavy (non-hydrogen) atoms. The van der Waals surface area contributed by atoms with E-state index in [-0.39, 0.29) is 12.1 Å². The van der Waals surface area contributed by atoms with Gasteiger partial charge in [0.2, 0.25) is 0 Å². The van der Waals surface area contributed by atoms with Crippen LogP contribution < -0.4 is 16.4 Å². The molecule has 2 rings (SSSR count). The Morgan fingerprint density at radius 2 is 2.20 bits per heavy atom. The summed E-state index contributed by atoms with van der Waals surface area (Å²) in [6.07, 6.45) is 2.01. The molecule has 1 fully saturated rings. The number of urea groups is 1. The van der Waals surface area contributed by atoms with Crippen LogP contribution in [0, 0.1) is 5.92 Å². The van der Waals surface area contributed by atoms with Crippen molar-refractivity contribution in [2.24, 2.45) is 11.7 Å². The van der Waals surface area contributed by atoms with Gasteiger partial charge in [-0.15, -0.1) is 0 Å². The minimum Gasteiger partial charge on any atom is -0.381 e. The molecule has 110 valence electrons. The Bertz CT molecular complexity index is 444. The van der Waals surface area contributed by atoms with Gasteiger partial charge in [-0.1, -0.05) is 12.1 Å². The first kappa shape index (κ1) is 14.8. The largest absolute Gasteiger partial charge is 0.381 e. The number of nitrogens with two attached hydrogens (primary N) is 1. The van der Waals surface area contributed by atoms with Crippen LogP contribution in [0.4, 0.5) is 10.5 Å². The number of amides is 2. The third-order valence-electron chi connectivity index (χ3n) is 3.75. The lowest BCUT2D eigenvalue weighted by atomic mass is 9.93. The summed E-state index contributed by atoms with van der Waals surface area (Å²) < 4.78 is 5.34. The average molecular weight is 277 g/mol. The Hall–Kier alpha value is -1.59. The smallest absolute Gasteiger partial charge is 0.319 e. The first-order chi connectivity index (χ1) is 9.69. The average Bonchev–Trinajstić information content (AvgIpc) is 2.48. The molecule has 1 heterocycles. The number of ether oxygens (including phenoxy) is 1. The van der Waals surface area contributed by atoms with Crippen LogP contribution in [0.5, 0.6) is 0 Å². The molecule has 4 N–H and O–H groups in total. The Balaban J connectivity index is 1.84. The normalized spacial score (nSPS) is 17.5. The second kappa shape index (κ2) is 7.26. The van der Waals surface area contributed by atoms with E-state index in [1.165, 1.54) is 0 Å². The molecule has 1 atom stereocenters. The first-order valence-electron chi connectivity index (χ1n) is 7.13. The molecule has 2 amide bonds. The molecule has 5 heteroatoms. The topological polar surface area (TPSA) is 76.4 Å². The van der Waals surface area contributed by atoms with Crippen LogP contribution in [0.15, 0.2) is 24.3 Å². The van der Waals surface area contributed by atoms with Gasteiger partial charge >= 0.3 is 6.03 Å². The molecule has 0 aromatic heterocycles. The van der Waals surface area contributed by atoms with Crippen molar-refractivity contribution in [1.82, 2.24) is 5.32 Å². The van der Waals surface area contributed by atoms with Crippen molar-refractivity contribution in [3.05, 3.63) is 29.8 Å². The highest BCUT2D eigenvalue weighted by atomic mass is 16.5. The first-order valence-corrected chi connectivity index (χ1v) is 7.13. The molecule has 1 aliphatic rings. The number of benzene rings is 1. The molecular weight excluding hydrogens is 254 g/mol. The van der Waals surface area contributed by atoms with E-state index in [4.69, 9.17) is 10.5 Å². The summed E-state index contributed by atoms with van der Waals surface area (Å²) in [6.45, 7) is 4.09. The molecule has 1 aliphatic heterocycles. The maximum Gasteiger partial charge on any atom is 0.319 e. The fourth-order valence-corrected chi connectivity index (χ4v) is 2.48. The highest BCUT2D eigenvalue weighted by molar-refractivity contribution is 5.89. The van der Waals surface area contributed by atoms with Crippen molar-refractivity contribution in [3.63, 3.8) is 0 Å². The standard InChI is InChI=1S/C15H23N3O2/c1-11(13-5-7-20-8-6-13)17-15(19)18-14-4-2-3-12(9-14)10-16/h2-4,9,11,13H,5-8,10,16H2,1H3,(H2,17,18,19). The van der Waals surface area contributed by atoms with E-state index in [2.05, 4.69) is 10.6 Å². The van der Waals surface area contributed by atoms with Crippen LogP contribution in [-0.4, -0.2) is 25.3 Å². The van der Waals surface area contributed by atoms with Gasteiger partial charge < -0.3 is 21.1 Å². The molecule has 0 spiro atoms. The summed E-state index contributed by atoms with van der Waals surface area (Å²) in [5.41, 5.74) is 7.36. The lowest BCUT2D eigenvalue weighted by Crippen LogP contribution is -2.42. The van der Waals surface area contributed by atoms with Crippen LogP contribution in [0.1, 0.15) is 25.3 Å². The molecule has 0 saturated carbocycles. The SMILES string of the molecule is CC(NC(=O)Nc1cccc(CN)c1)C1CCOCC1. The van der Waals surface area contributed by atoms with Gasteiger partial charge in [0.15, 0.2) is 0 Å². The van der Waals surface area contributed by atoms with Crippen molar-refractivity contribution < 1.29 is 9.53 Å². The molecule has 0 bridgehead atoms. The molecule has 5 nitrogen and oxygen atoms in total. The molecule has 1 unspecified atom stereocenters. The summed E-state index contributed by atoms with van der Waals surface area (Å²) in [5.74, 6) is 0.491. The Morgan fingerprint density at radius 1 is 1.45 bits per heavy atom. The van der Waals surface area contributed by atoms with Gasteiger partial charge in [-0.05, 0) is 43.4 Å². The van der Waals surface area contributed by atoms with Gasteiger partial charge in [-0.25, -0.2) is 4.79 Å². The van der Waals surface area contributed by atoms with Crippen molar-refractivity contribution in [2.45, 2.75) is 32.4 Å². The predicted molar refractivity (Wildman–Crippen MR) is 79.5 cm³/mol. The predicted octanol–water partition coefficient (Wildman–Crippen LogP) is 2.08. The number of hydrogen-bond acceptors (Lipinski definition) is 3. The molecule has 1 saturated heterocycles. The second-order valence-corrected chi connectivity index (χ2v) is 5.24. The van der Waals surface area contributed by atoms with Gasteiger partial charge in [0.05, 0.1) is 0 Å². The quantitative estimate of drug-likeness (QED) is 0.788. The zero-order chi connectivity index (χ0) is 14.4. The molecule has 1 aromatic carbocycles. The Morgan fingerprint density at radius 3 is 2.90 bits per heavy atom. The third-order valence-corrected chi connectivity index (χ3v) is 3.75. The van der Waals surface area contributed by atoms with Crippen molar-refractivity contribution in [1.29, 1.82) is 0 Å². The monoisotopic (exact) mass is 277 g/mol. The number of carbonyl (C=O) groups excluding carboxylic acids is 1. The van der Waals surface area contributed by atoms with Gasteiger partial charge in [0.1, 0.15) is 0 Å². The molecular formula is C15H23N3O2. The summed E-state index contributed by atoms with van der Waals surface area (Å²) in [7, 11) is 0. The number of rotatable bonds is 4. The number of hydrogen-bond donors (Lipinski definition) is 3. The van der Waals surface area contributed by atoms with E-state index in [9.17, 15) is 4.79 Å². The number of anilines is 1. The van der Waals surface area contributed by atoms with E-state index >= 15 is 0 Å². The lowest BCUT2D eigenvalue weighted by Gasteiger charge is -2.28. The Labute approximate surface area is 119 Å². The van der Waals surface area contributed by atoms with E-state index in [1.807, 2.05) is 31.2 Å². The Kier molecular flexibility index (Phi) is 5.38. The zero-order valence-corrected chi connectivity index (χ0v) is 11.9. The van der Waals surface area contributed by atoms with Gasteiger partial charge in [-0.2, -0.15) is 0 Å². The summed E-state index contributed by atoms with van der Waals surface area (Å²) in [5, 5.41) is 5.85.